The fraction of sp³-hybridized carbons (Fsp3) is 0.345. The van der Waals surface area contributed by atoms with Gasteiger partial charge in [-0.15, -0.1) is 0 Å². The summed E-state index contributed by atoms with van der Waals surface area (Å²) >= 11 is 0. The van der Waals surface area contributed by atoms with E-state index >= 15 is 0 Å². The third-order valence-corrected chi connectivity index (χ3v) is 7.78. The summed E-state index contributed by atoms with van der Waals surface area (Å²) in [6.45, 7) is 3.89. The summed E-state index contributed by atoms with van der Waals surface area (Å²) in [5, 5.41) is 17.1. The molecule has 39 heavy (non-hydrogen) atoms. The number of carbonyl (C=O) groups excluding carboxylic acids is 1. The first-order chi connectivity index (χ1) is 18.5. The molecule has 210 valence electrons. The smallest absolute Gasteiger partial charge is 0.241 e. The molecule has 0 aliphatic carbocycles. The van der Waals surface area contributed by atoms with Crippen LogP contribution in [-0.2, 0) is 27.8 Å². The molecule has 0 unspecified atom stereocenters. The normalized spacial score (nSPS) is 13.5. The number of ether oxygens (including phenoxy) is 1. The van der Waals surface area contributed by atoms with Crippen LogP contribution in [0.3, 0.4) is 0 Å². The van der Waals surface area contributed by atoms with Crippen LogP contribution in [0.4, 0.5) is 4.39 Å². The van der Waals surface area contributed by atoms with Crippen LogP contribution in [0.25, 0.3) is 0 Å². The second-order valence-corrected chi connectivity index (χ2v) is 11.7. The van der Waals surface area contributed by atoms with Crippen molar-refractivity contribution >= 4 is 15.9 Å². The number of sulfonamides is 1. The lowest BCUT2D eigenvalue weighted by atomic mass is 9.98. The van der Waals surface area contributed by atoms with Crippen LogP contribution < -0.4 is 20.1 Å². The number of benzene rings is 3. The Hall–Kier alpha value is -3.31. The van der Waals surface area contributed by atoms with E-state index in [4.69, 9.17) is 4.74 Å². The van der Waals surface area contributed by atoms with Crippen molar-refractivity contribution < 1.29 is 27.4 Å². The number of aliphatic hydroxyl groups excluding tert-OH is 1. The van der Waals surface area contributed by atoms with Gasteiger partial charge in [-0.05, 0) is 67.8 Å². The molecule has 0 radical (unpaired) electrons. The van der Waals surface area contributed by atoms with Crippen LogP contribution in [0.2, 0.25) is 0 Å². The minimum atomic E-state index is -3.98. The minimum absolute atomic E-state index is 0.100. The summed E-state index contributed by atoms with van der Waals surface area (Å²) in [5.41, 5.74) is 0.774. The molecule has 3 aromatic carbocycles. The first kappa shape index (κ1) is 30.2. The third kappa shape index (κ3) is 9.74. The molecule has 3 rings (SSSR count). The Bertz CT molecular complexity index is 1320. The molecule has 0 aliphatic heterocycles. The average molecular weight is 558 g/mol. The van der Waals surface area contributed by atoms with Crippen molar-refractivity contribution in [1.82, 2.24) is 15.4 Å². The number of hydrogen-bond acceptors (Lipinski definition) is 6. The van der Waals surface area contributed by atoms with E-state index in [0.29, 0.717) is 13.0 Å². The van der Waals surface area contributed by atoms with Gasteiger partial charge >= 0.3 is 0 Å². The van der Waals surface area contributed by atoms with E-state index in [1.807, 2.05) is 54.6 Å². The highest BCUT2D eigenvalue weighted by Crippen LogP contribution is 2.17. The van der Waals surface area contributed by atoms with E-state index in [9.17, 15) is 22.7 Å². The van der Waals surface area contributed by atoms with Crippen molar-refractivity contribution in [3.05, 3.63) is 95.8 Å². The van der Waals surface area contributed by atoms with Gasteiger partial charge in [-0.3, -0.25) is 4.79 Å². The molecule has 0 saturated heterocycles. The Morgan fingerprint density at radius 3 is 2.33 bits per heavy atom. The van der Waals surface area contributed by atoms with Crippen LogP contribution in [-0.4, -0.2) is 50.8 Å². The molecule has 4 N–H and O–H groups in total. The van der Waals surface area contributed by atoms with Gasteiger partial charge in [0.15, 0.2) is 0 Å². The fourth-order valence-corrected chi connectivity index (χ4v) is 5.58. The molecule has 0 bridgehead atoms. The summed E-state index contributed by atoms with van der Waals surface area (Å²) in [7, 11) is -2.38. The number of methoxy groups -OCH3 is 1. The molecule has 10 heteroatoms. The zero-order valence-electron chi connectivity index (χ0n) is 22.4. The van der Waals surface area contributed by atoms with Crippen molar-refractivity contribution in [2.45, 2.75) is 55.8 Å². The lowest BCUT2D eigenvalue weighted by molar-refractivity contribution is -0.123. The Morgan fingerprint density at radius 2 is 1.67 bits per heavy atom. The molecule has 0 fully saturated rings. The van der Waals surface area contributed by atoms with Gasteiger partial charge in [0.2, 0.25) is 15.9 Å². The maximum Gasteiger partial charge on any atom is 0.241 e. The molecule has 0 aliphatic rings. The van der Waals surface area contributed by atoms with Crippen LogP contribution >= 0.6 is 0 Å². The van der Waals surface area contributed by atoms with Gasteiger partial charge in [0.05, 0.1) is 24.2 Å². The van der Waals surface area contributed by atoms with E-state index in [0.717, 1.165) is 29.0 Å². The minimum Gasteiger partial charge on any atom is -0.497 e. The first-order valence-electron chi connectivity index (χ1n) is 12.6. The second kappa shape index (κ2) is 13.7. The topological polar surface area (TPSA) is 117 Å². The van der Waals surface area contributed by atoms with E-state index in [1.54, 1.807) is 21.0 Å². The predicted molar refractivity (Wildman–Crippen MR) is 148 cm³/mol. The van der Waals surface area contributed by atoms with Crippen molar-refractivity contribution in [3.63, 3.8) is 0 Å². The van der Waals surface area contributed by atoms with Gasteiger partial charge in [-0.2, -0.15) is 0 Å². The van der Waals surface area contributed by atoms with Gasteiger partial charge in [0.25, 0.3) is 0 Å². The van der Waals surface area contributed by atoms with E-state index < -0.39 is 39.4 Å². The standard InChI is InChI=1S/C29H36FN3O5S/c1-29(2,33-39(36,37)25-14-12-23(30)13-15-25)18-28(35)32-26(17-21-8-5-4-6-9-21)27(34)20-31-19-22-10-7-11-24(16-22)38-3/h4-16,26-27,31,33-34H,17-20H2,1-3H3,(H,32,35)/t26-,27+/m0/s1. The van der Waals surface area contributed by atoms with E-state index in [2.05, 4.69) is 15.4 Å². The molecule has 0 saturated carbocycles. The molecule has 0 spiro atoms. The van der Waals surface area contributed by atoms with Crippen molar-refractivity contribution in [3.8, 4) is 5.75 Å². The van der Waals surface area contributed by atoms with Crippen molar-refractivity contribution in [1.29, 1.82) is 0 Å². The third-order valence-electron chi connectivity index (χ3n) is 6.06. The Labute approximate surface area is 229 Å². The van der Waals surface area contributed by atoms with E-state index in [1.165, 1.54) is 12.1 Å². The number of hydrogen-bond donors (Lipinski definition) is 4. The number of halogens is 1. The number of nitrogens with one attached hydrogen (secondary N) is 3. The van der Waals surface area contributed by atoms with Gasteiger partial charge in [0.1, 0.15) is 11.6 Å². The summed E-state index contributed by atoms with van der Waals surface area (Å²) < 4.78 is 46.5. The monoisotopic (exact) mass is 557 g/mol. The van der Waals surface area contributed by atoms with Crippen LogP contribution in [0.15, 0.2) is 83.8 Å². The molecular formula is C29H36FN3O5S. The highest BCUT2D eigenvalue weighted by Gasteiger charge is 2.30. The quantitative estimate of drug-likeness (QED) is 0.242. The lowest BCUT2D eigenvalue weighted by Crippen LogP contribution is -2.52. The Balaban J connectivity index is 1.64. The summed E-state index contributed by atoms with van der Waals surface area (Å²) in [6.07, 6.45) is -0.710. The lowest BCUT2D eigenvalue weighted by Gasteiger charge is -2.29. The highest BCUT2D eigenvalue weighted by atomic mass is 32.2. The molecule has 1 amide bonds. The average Bonchev–Trinajstić information content (AvgIpc) is 2.88. The largest absolute Gasteiger partial charge is 0.497 e. The number of aliphatic hydroxyl groups is 1. The molecule has 2 atom stereocenters. The SMILES string of the molecule is COc1cccc(CNC[C@@H](O)[C@H](Cc2ccccc2)NC(=O)CC(C)(C)NS(=O)(=O)c2ccc(F)cc2)c1. The summed E-state index contributed by atoms with van der Waals surface area (Å²) in [5.74, 6) is -0.232. The maximum absolute atomic E-state index is 13.2. The van der Waals surface area contributed by atoms with Gasteiger partial charge < -0.3 is 20.5 Å². The van der Waals surface area contributed by atoms with Gasteiger partial charge in [-0.25, -0.2) is 17.5 Å². The van der Waals surface area contributed by atoms with Crippen molar-refractivity contribution in [2.24, 2.45) is 0 Å². The van der Waals surface area contributed by atoms with Gasteiger partial charge in [0, 0.05) is 25.0 Å². The predicted octanol–water partition coefficient (Wildman–Crippen LogP) is 3.16. The molecular weight excluding hydrogens is 521 g/mol. The maximum atomic E-state index is 13.2. The number of rotatable bonds is 14. The Kier molecular flexibility index (Phi) is 10.6. The highest BCUT2D eigenvalue weighted by molar-refractivity contribution is 7.89. The van der Waals surface area contributed by atoms with E-state index in [-0.39, 0.29) is 17.9 Å². The zero-order valence-corrected chi connectivity index (χ0v) is 23.2. The van der Waals surface area contributed by atoms with Gasteiger partial charge in [-0.1, -0.05) is 42.5 Å². The fourth-order valence-electron chi connectivity index (χ4n) is 4.17. The molecule has 0 heterocycles. The number of carbonyl (C=O) groups is 1. The van der Waals surface area contributed by atoms with Crippen LogP contribution in [0, 0.1) is 5.82 Å². The van der Waals surface area contributed by atoms with Crippen molar-refractivity contribution in [2.75, 3.05) is 13.7 Å². The zero-order chi connectivity index (χ0) is 28.5. The van der Waals surface area contributed by atoms with Crippen LogP contribution in [0.5, 0.6) is 5.75 Å². The molecule has 3 aromatic rings. The summed E-state index contributed by atoms with van der Waals surface area (Å²) in [6, 6.07) is 20.9. The number of amides is 1. The molecule has 0 aromatic heterocycles. The Morgan fingerprint density at radius 1 is 1.00 bits per heavy atom. The summed E-state index contributed by atoms with van der Waals surface area (Å²) in [4.78, 5) is 13.0. The van der Waals surface area contributed by atoms with Crippen LogP contribution in [0.1, 0.15) is 31.4 Å². The molecule has 8 nitrogen and oxygen atoms in total. The second-order valence-electron chi connectivity index (χ2n) is 10.0. The first-order valence-corrected chi connectivity index (χ1v) is 14.1.